The summed E-state index contributed by atoms with van der Waals surface area (Å²) in [6.07, 6.45) is 0. The van der Waals surface area contributed by atoms with Crippen LogP contribution in [-0.4, -0.2) is 26.8 Å². The Morgan fingerprint density at radius 2 is 1.64 bits per heavy atom. The lowest BCUT2D eigenvalue weighted by atomic mass is 9.94. The number of rotatable bonds is 4. The van der Waals surface area contributed by atoms with Gasteiger partial charge in [0.1, 0.15) is 17.3 Å². The number of amides is 1. The molecule has 0 saturated carbocycles. The van der Waals surface area contributed by atoms with Crippen molar-refractivity contribution in [3.8, 4) is 5.75 Å². The summed E-state index contributed by atoms with van der Waals surface area (Å²) >= 11 is 0. The lowest BCUT2D eigenvalue weighted by Crippen LogP contribution is -2.29. The summed E-state index contributed by atoms with van der Waals surface area (Å²) in [7, 11) is 0. The number of aryl methyl sites for hydroxylation is 3. The average Bonchev–Trinajstić information content (AvgIpc) is 3.03. The Kier molecular flexibility index (Phi) is 5.77. The molecule has 0 aliphatic carbocycles. The highest BCUT2D eigenvalue weighted by molar-refractivity contribution is 6.46. The lowest BCUT2D eigenvalue weighted by molar-refractivity contribution is -0.140. The van der Waals surface area contributed by atoms with Gasteiger partial charge in [0.25, 0.3) is 11.7 Å². The van der Waals surface area contributed by atoms with E-state index in [0.717, 1.165) is 16.7 Å². The quantitative estimate of drug-likeness (QED) is 0.334. The molecule has 6 heteroatoms. The summed E-state index contributed by atoms with van der Waals surface area (Å²) in [5.41, 5.74) is 3.95. The Labute approximate surface area is 191 Å². The maximum atomic E-state index is 13.8. The Hall–Kier alpha value is -3.93. The third kappa shape index (κ3) is 4.12. The van der Waals surface area contributed by atoms with E-state index in [4.69, 9.17) is 0 Å². The second kappa shape index (κ2) is 8.54. The molecule has 5 nitrogen and oxygen atoms in total. The molecule has 0 aromatic heterocycles. The molecule has 33 heavy (non-hydrogen) atoms. The molecule has 4 rings (SSSR count). The number of aliphatic hydroxyl groups excluding tert-OH is 1. The van der Waals surface area contributed by atoms with Gasteiger partial charge in [0.2, 0.25) is 0 Å². The molecule has 1 amide bonds. The highest BCUT2D eigenvalue weighted by atomic mass is 19.1. The highest BCUT2D eigenvalue weighted by Crippen LogP contribution is 2.41. The molecule has 1 fully saturated rings. The number of carbonyl (C=O) groups excluding carboxylic acids is 2. The molecule has 0 bridgehead atoms. The van der Waals surface area contributed by atoms with Crippen LogP contribution >= 0.6 is 0 Å². The third-order valence-corrected chi connectivity index (χ3v) is 6.03. The van der Waals surface area contributed by atoms with E-state index in [-0.39, 0.29) is 29.2 Å². The summed E-state index contributed by atoms with van der Waals surface area (Å²) in [5.74, 6) is -2.29. The summed E-state index contributed by atoms with van der Waals surface area (Å²) in [6.45, 7) is 5.61. The smallest absolute Gasteiger partial charge is 0.295 e. The van der Waals surface area contributed by atoms with Gasteiger partial charge in [-0.25, -0.2) is 4.39 Å². The van der Waals surface area contributed by atoms with E-state index in [1.54, 1.807) is 19.1 Å². The van der Waals surface area contributed by atoms with Crippen LogP contribution in [0.15, 0.2) is 66.2 Å². The maximum absolute atomic E-state index is 13.8. The number of nitrogens with zero attached hydrogens (tertiary/aromatic N) is 1. The molecule has 1 aliphatic heterocycles. The normalized spacial score (nSPS) is 17.6. The number of phenolic OH excluding ortho intramolecular Hbond substituents is 1. The summed E-state index contributed by atoms with van der Waals surface area (Å²) in [5, 5.41) is 20.8. The van der Waals surface area contributed by atoms with Gasteiger partial charge in [-0.05, 0) is 73.4 Å². The molecule has 3 aromatic rings. The number of hydrogen-bond acceptors (Lipinski definition) is 4. The van der Waals surface area contributed by atoms with Crippen molar-refractivity contribution < 1.29 is 24.2 Å². The topological polar surface area (TPSA) is 77.8 Å². The second-order valence-electron chi connectivity index (χ2n) is 8.41. The van der Waals surface area contributed by atoms with E-state index in [9.17, 15) is 24.2 Å². The Bertz CT molecular complexity index is 1290. The zero-order chi connectivity index (χ0) is 23.9. The fourth-order valence-corrected chi connectivity index (χ4v) is 4.15. The fourth-order valence-electron chi connectivity index (χ4n) is 4.15. The van der Waals surface area contributed by atoms with Crippen LogP contribution in [0.25, 0.3) is 5.76 Å². The average molecular weight is 445 g/mol. The number of ketones is 1. The zero-order valence-corrected chi connectivity index (χ0v) is 18.6. The Morgan fingerprint density at radius 1 is 0.939 bits per heavy atom. The number of aromatic hydroxyl groups is 1. The number of benzene rings is 3. The van der Waals surface area contributed by atoms with Crippen molar-refractivity contribution in [2.45, 2.75) is 33.4 Å². The summed E-state index contributed by atoms with van der Waals surface area (Å²) < 4.78 is 13.8. The zero-order valence-electron chi connectivity index (χ0n) is 18.6. The molecule has 1 saturated heterocycles. The van der Waals surface area contributed by atoms with Crippen LogP contribution in [0, 0.1) is 26.6 Å². The number of carbonyl (C=O) groups is 2. The molecule has 1 unspecified atom stereocenters. The van der Waals surface area contributed by atoms with E-state index >= 15 is 0 Å². The van der Waals surface area contributed by atoms with Gasteiger partial charge in [0.05, 0.1) is 11.6 Å². The molecule has 2 N–H and O–H groups in total. The van der Waals surface area contributed by atoms with E-state index in [0.29, 0.717) is 11.1 Å². The van der Waals surface area contributed by atoms with E-state index in [2.05, 4.69) is 0 Å². The van der Waals surface area contributed by atoms with Crippen molar-refractivity contribution in [1.82, 2.24) is 4.90 Å². The maximum Gasteiger partial charge on any atom is 0.295 e. The summed E-state index contributed by atoms with van der Waals surface area (Å²) in [4.78, 5) is 27.7. The first-order valence-corrected chi connectivity index (χ1v) is 10.6. The minimum atomic E-state index is -0.865. The molecular formula is C27H24FNO4. The standard InChI is InChI=1S/C27H24FNO4/c1-15-4-5-16(2)20(12-15)14-29-24(18-6-9-21(30)10-7-18)23(26(32)27(29)33)25(31)19-8-11-22(28)17(3)13-19/h4-13,24,30-31H,14H2,1-3H3/b25-23-. The monoisotopic (exact) mass is 445 g/mol. The van der Waals surface area contributed by atoms with E-state index < -0.39 is 23.5 Å². The predicted octanol–water partition coefficient (Wildman–Crippen LogP) is 5.08. The molecular weight excluding hydrogens is 421 g/mol. The number of halogens is 1. The minimum absolute atomic E-state index is 0.0411. The van der Waals surface area contributed by atoms with Gasteiger partial charge in [0.15, 0.2) is 0 Å². The van der Waals surface area contributed by atoms with Gasteiger partial charge in [-0.2, -0.15) is 0 Å². The number of hydrogen-bond donors (Lipinski definition) is 2. The van der Waals surface area contributed by atoms with Crippen LogP contribution in [0.2, 0.25) is 0 Å². The molecule has 168 valence electrons. The van der Waals surface area contributed by atoms with Gasteiger partial charge in [-0.1, -0.05) is 35.9 Å². The van der Waals surface area contributed by atoms with Crippen molar-refractivity contribution in [2.75, 3.05) is 0 Å². The van der Waals surface area contributed by atoms with Crippen molar-refractivity contribution in [3.05, 3.63) is 105 Å². The Morgan fingerprint density at radius 3 is 2.30 bits per heavy atom. The third-order valence-electron chi connectivity index (χ3n) is 6.03. The van der Waals surface area contributed by atoms with Gasteiger partial charge in [-0.15, -0.1) is 0 Å². The number of aliphatic hydroxyl groups is 1. The molecule has 3 aromatic carbocycles. The van der Waals surface area contributed by atoms with Crippen molar-refractivity contribution in [3.63, 3.8) is 0 Å². The summed E-state index contributed by atoms with van der Waals surface area (Å²) in [6, 6.07) is 15.2. The van der Waals surface area contributed by atoms with E-state index in [1.807, 2.05) is 32.0 Å². The van der Waals surface area contributed by atoms with Gasteiger partial charge in [-0.3, -0.25) is 9.59 Å². The van der Waals surface area contributed by atoms with Crippen LogP contribution < -0.4 is 0 Å². The van der Waals surface area contributed by atoms with Crippen LogP contribution in [0.5, 0.6) is 5.75 Å². The number of phenols is 1. The van der Waals surface area contributed by atoms with Gasteiger partial charge < -0.3 is 15.1 Å². The fraction of sp³-hybridized carbons (Fsp3) is 0.185. The molecule has 0 radical (unpaired) electrons. The molecule has 1 heterocycles. The molecule has 1 atom stereocenters. The highest BCUT2D eigenvalue weighted by Gasteiger charge is 2.46. The number of Topliss-reactive ketones (excluding diaryl/α,β-unsaturated/α-hetero) is 1. The SMILES string of the molecule is Cc1ccc(C)c(CN2C(=O)C(=O)/C(=C(\O)c3ccc(F)c(C)c3)C2c2ccc(O)cc2)c1. The number of likely N-dealkylation sites (tertiary alicyclic amines) is 1. The first kappa shape index (κ1) is 22.3. The van der Waals surface area contributed by atoms with Crippen molar-refractivity contribution in [2.24, 2.45) is 0 Å². The first-order chi connectivity index (χ1) is 15.7. The minimum Gasteiger partial charge on any atom is -0.508 e. The lowest BCUT2D eigenvalue weighted by Gasteiger charge is -2.26. The van der Waals surface area contributed by atoms with Crippen LogP contribution in [-0.2, 0) is 16.1 Å². The van der Waals surface area contributed by atoms with Gasteiger partial charge >= 0.3 is 0 Å². The Balaban J connectivity index is 1.89. The van der Waals surface area contributed by atoms with Crippen LogP contribution in [0.4, 0.5) is 4.39 Å². The van der Waals surface area contributed by atoms with Crippen molar-refractivity contribution in [1.29, 1.82) is 0 Å². The molecule has 1 aliphatic rings. The second-order valence-corrected chi connectivity index (χ2v) is 8.41. The van der Waals surface area contributed by atoms with Crippen molar-refractivity contribution >= 4 is 17.4 Å². The first-order valence-electron chi connectivity index (χ1n) is 10.6. The predicted molar refractivity (Wildman–Crippen MR) is 123 cm³/mol. The van der Waals surface area contributed by atoms with Gasteiger partial charge in [0, 0.05) is 12.1 Å². The largest absolute Gasteiger partial charge is 0.508 e. The van der Waals surface area contributed by atoms with Crippen LogP contribution in [0.1, 0.15) is 39.4 Å². The van der Waals surface area contributed by atoms with Crippen LogP contribution in [0.3, 0.4) is 0 Å². The molecule has 0 spiro atoms. The van der Waals surface area contributed by atoms with E-state index in [1.165, 1.54) is 35.2 Å².